The quantitative estimate of drug-likeness (QED) is 0.461. The summed E-state index contributed by atoms with van der Waals surface area (Å²) in [5.41, 5.74) is 2.93. The van der Waals surface area contributed by atoms with Gasteiger partial charge >= 0.3 is 0 Å². The number of carbonyl (C=O) groups excluding carboxylic acids is 1. The van der Waals surface area contributed by atoms with Gasteiger partial charge in [-0.15, -0.1) is 0 Å². The highest BCUT2D eigenvalue weighted by Crippen LogP contribution is 2.43. The van der Waals surface area contributed by atoms with Gasteiger partial charge < -0.3 is 14.2 Å². The van der Waals surface area contributed by atoms with Gasteiger partial charge in [0.2, 0.25) is 5.88 Å². The summed E-state index contributed by atoms with van der Waals surface area (Å²) in [5, 5.41) is 3.88. The SMILES string of the molecule is Cc1noc(-c2ccccc2C(=O)N2C3CCC2C(COc2cnc4ccccc4n2)C3)n1. The molecule has 2 aliphatic rings. The number of amides is 1. The topological polar surface area (TPSA) is 94.2 Å². The predicted molar refractivity (Wildman–Crippen MR) is 121 cm³/mol. The molecule has 8 nitrogen and oxygen atoms in total. The molecule has 2 aliphatic heterocycles. The van der Waals surface area contributed by atoms with Crippen LogP contribution in [0.15, 0.2) is 59.3 Å². The van der Waals surface area contributed by atoms with Crippen LogP contribution in [0.1, 0.15) is 35.4 Å². The van der Waals surface area contributed by atoms with Crippen LogP contribution in [-0.2, 0) is 0 Å². The Hall–Kier alpha value is -3.81. The number of benzene rings is 2. The standard InChI is InChI=1S/C25H23N5O3/c1-15-27-24(33-29-15)18-6-2-3-7-19(18)25(31)30-17-10-11-22(30)16(12-17)14-32-23-13-26-20-8-4-5-9-21(20)28-23/h2-9,13,16-17,22H,10-12,14H2,1H3. The van der Waals surface area contributed by atoms with E-state index in [4.69, 9.17) is 9.26 Å². The number of aryl methyl sites for hydroxylation is 1. The molecule has 33 heavy (non-hydrogen) atoms. The van der Waals surface area contributed by atoms with E-state index in [-0.39, 0.29) is 23.9 Å². The molecule has 0 radical (unpaired) electrons. The van der Waals surface area contributed by atoms with Crippen molar-refractivity contribution in [1.82, 2.24) is 25.0 Å². The molecule has 2 saturated heterocycles. The van der Waals surface area contributed by atoms with Gasteiger partial charge in [0.1, 0.15) is 0 Å². The maximum Gasteiger partial charge on any atom is 0.258 e. The van der Waals surface area contributed by atoms with E-state index in [1.54, 1.807) is 13.1 Å². The van der Waals surface area contributed by atoms with Crippen molar-refractivity contribution in [3.05, 3.63) is 66.1 Å². The molecule has 166 valence electrons. The lowest BCUT2D eigenvalue weighted by atomic mass is 9.90. The number of carbonyl (C=O) groups is 1. The largest absolute Gasteiger partial charge is 0.476 e. The van der Waals surface area contributed by atoms with Crippen LogP contribution in [0.4, 0.5) is 0 Å². The number of para-hydroxylation sites is 2. The van der Waals surface area contributed by atoms with Crippen LogP contribution in [0.2, 0.25) is 0 Å². The van der Waals surface area contributed by atoms with Crippen molar-refractivity contribution in [3.8, 4) is 17.3 Å². The fraction of sp³-hybridized carbons (Fsp3) is 0.320. The zero-order valence-electron chi connectivity index (χ0n) is 18.2. The number of fused-ring (bicyclic) bond motifs is 3. The summed E-state index contributed by atoms with van der Waals surface area (Å²) in [4.78, 5) is 29.0. The van der Waals surface area contributed by atoms with Crippen molar-refractivity contribution in [2.45, 2.75) is 38.3 Å². The third-order valence-electron chi connectivity index (χ3n) is 6.69. The van der Waals surface area contributed by atoms with Crippen molar-refractivity contribution >= 4 is 16.9 Å². The molecule has 2 aromatic heterocycles. The second-order valence-electron chi connectivity index (χ2n) is 8.71. The van der Waals surface area contributed by atoms with Gasteiger partial charge in [-0.3, -0.25) is 4.79 Å². The Morgan fingerprint density at radius 3 is 2.76 bits per heavy atom. The van der Waals surface area contributed by atoms with Gasteiger partial charge in [-0.1, -0.05) is 29.4 Å². The molecule has 6 rings (SSSR count). The minimum Gasteiger partial charge on any atom is -0.476 e. The molecule has 4 heterocycles. The molecular weight excluding hydrogens is 418 g/mol. The van der Waals surface area contributed by atoms with E-state index in [1.165, 1.54) is 0 Å². The molecule has 2 fully saturated rings. The van der Waals surface area contributed by atoms with Gasteiger partial charge in [-0.25, -0.2) is 9.97 Å². The normalized spacial score (nSPS) is 21.6. The predicted octanol–water partition coefficient (Wildman–Crippen LogP) is 4.06. The number of hydrogen-bond donors (Lipinski definition) is 0. The van der Waals surface area contributed by atoms with Crippen molar-refractivity contribution in [1.29, 1.82) is 0 Å². The maximum atomic E-state index is 13.6. The lowest BCUT2D eigenvalue weighted by molar-refractivity contribution is 0.0710. The van der Waals surface area contributed by atoms with E-state index in [0.29, 0.717) is 35.3 Å². The van der Waals surface area contributed by atoms with Gasteiger partial charge in [-0.2, -0.15) is 4.98 Å². The molecule has 1 amide bonds. The van der Waals surface area contributed by atoms with E-state index in [1.807, 2.05) is 53.4 Å². The minimum absolute atomic E-state index is 0.0157. The minimum atomic E-state index is 0.0157. The van der Waals surface area contributed by atoms with E-state index >= 15 is 0 Å². The number of aromatic nitrogens is 4. The Bertz CT molecular complexity index is 1340. The number of rotatable bonds is 5. The average molecular weight is 441 g/mol. The first kappa shape index (κ1) is 19.8. The molecular formula is C25H23N5O3. The first-order valence-corrected chi connectivity index (χ1v) is 11.2. The third-order valence-corrected chi connectivity index (χ3v) is 6.69. The summed E-state index contributed by atoms with van der Waals surface area (Å²) >= 11 is 0. The van der Waals surface area contributed by atoms with Crippen molar-refractivity contribution in [2.24, 2.45) is 5.92 Å². The maximum absolute atomic E-state index is 13.6. The molecule has 2 bridgehead atoms. The molecule has 2 aromatic carbocycles. The average Bonchev–Trinajstić information content (AvgIpc) is 3.56. The van der Waals surface area contributed by atoms with Crippen LogP contribution in [0.25, 0.3) is 22.5 Å². The van der Waals surface area contributed by atoms with Crippen LogP contribution >= 0.6 is 0 Å². The van der Waals surface area contributed by atoms with Crippen molar-refractivity contribution in [3.63, 3.8) is 0 Å². The molecule has 4 aromatic rings. The highest BCUT2D eigenvalue weighted by molar-refractivity contribution is 6.00. The zero-order chi connectivity index (χ0) is 22.4. The summed E-state index contributed by atoms with van der Waals surface area (Å²) in [5.74, 6) is 1.72. The summed E-state index contributed by atoms with van der Waals surface area (Å²) in [6.07, 6.45) is 4.60. The fourth-order valence-corrected chi connectivity index (χ4v) is 5.21. The van der Waals surface area contributed by atoms with Gasteiger partial charge in [0.25, 0.3) is 11.8 Å². The van der Waals surface area contributed by atoms with Crippen LogP contribution < -0.4 is 4.74 Å². The lowest BCUT2D eigenvalue weighted by Crippen LogP contribution is -2.37. The number of hydrogen-bond acceptors (Lipinski definition) is 7. The van der Waals surface area contributed by atoms with Crippen LogP contribution in [-0.4, -0.2) is 49.6 Å². The monoisotopic (exact) mass is 441 g/mol. The molecule has 0 N–H and O–H groups in total. The Balaban J connectivity index is 1.20. The summed E-state index contributed by atoms with van der Waals surface area (Å²) < 4.78 is 11.4. The first-order chi connectivity index (χ1) is 16.2. The molecule has 3 unspecified atom stereocenters. The van der Waals surface area contributed by atoms with Gasteiger partial charge in [0, 0.05) is 18.0 Å². The summed E-state index contributed by atoms with van der Waals surface area (Å²) in [7, 11) is 0. The van der Waals surface area contributed by atoms with E-state index < -0.39 is 0 Å². The van der Waals surface area contributed by atoms with Crippen LogP contribution in [0.5, 0.6) is 5.88 Å². The van der Waals surface area contributed by atoms with E-state index in [9.17, 15) is 4.79 Å². The summed E-state index contributed by atoms with van der Waals surface area (Å²) in [6.45, 7) is 2.28. The van der Waals surface area contributed by atoms with Crippen LogP contribution in [0, 0.1) is 12.8 Å². The van der Waals surface area contributed by atoms with Gasteiger partial charge in [0.05, 0.1) is 35.0 Å². The highest BCUT2D eigenvalue weighted by Gasteiger charge is 2.49. The summed E-state index contributed by atoms with van der Waals surface area (Å²) in [6, 6.07) is 15.5. The number of nitrogens with zero attached hydrogens (tertiary/aromatic N) is 5. The Morgan fingerprint density at radius 1 is 1.09 bits per heavy atom. The first-order valence-electron chi connectivity index (χ1n) is 11.2. The molecule has 3 atom stereocenters. The molecule has 0 saturated carbocycles. The smallest absolute Gasteiger partial charge is 0.258 e. The number of ether oxygens (including phenoxy) is 1. The lowest BCUT2D eigenvalue weighted by Gasteiger charge is -2.25. The van der Waals surface area contributed by atoms with Gasteiger partial charge in [-0.05, 0) is 50.5 Å². The fourth-order valence-electron chi connectivity index (χ4n) is 5.21. The molecule has 0 spiro atoms. The van der Waals surface area contributed by atoms with Crippen LogP contribution in [0.3, 0.4) is 0 Å². The van der Waals surface area contributed by atoms with Crippen molar-refractivity contribution < 1.29 is 14.1 Å². The van der Waals surface area contributed by atoms with E-state index in [2.05, 4.69) is 20.1 Å². The second-order valence-corrected chi connectivity index (χ2v) is 8.71. The van der Waals surface area contributed by atoms with Gasteiger partial charge in [0.15, 0.2) is 5.82 Å². The highest BCUT2D eigenvalue weighted by atomic mass is 16.5. The van der Waals surface area contributed by atoms with Crippen molar-refractivity contribution in [2.75, 3.05) is 6.61 Å². The third kappa shape index (κ3) is 3.51. The Kier molecular flexibility index (Phi) is 4.78. The zero-order valence-corrected chi connectivity index (χ0v) is 18.2. The molecule has 8 heteroatoms. The second kappa shape index (κ2) is 7.95. The molecule has 0 aliphatic carbocycles. The Morgan fingerprint density at radius 2 is 1.91 bits per heavy atom. The van der Waals surface area contributed by atoms with E-state index in [0.717, 1.165) is 30.3 Å². The Labute approximate surface area is 190 Å².